The Labute approximate surface area is 110 Å². The lowest BCUT2D eigenvalue weighted by Crippen LogP contribution is -2.16. The molecule has 98 valence electrons. The molecule has 0 atom stereocenters. The Bertz CT molecular complexity index is 580. The molecule has 1 rings (SSSR count). The third-order valence-electron chi connectivity index (χ3n) is 1.99. The second-order valence-electron chi connectivity index (χ2n) is 3.21. The van der Waals surface area contributed by atoms with Crippen molar-refractivity contribution >= 4 is 27.3 Å². The van der Waals surface area contributed by atoms with E-state index in [0.29, 0.717) is 5.75 Å². The summed E-state index contributed by atoms with van der Waals surface area (Å²) in [6, 6.07) is 4.36. The Morgan fingerprint density at radius 3 is 2.44 bits per heavy atom. The third-order valence-corrected chi connectivity index (χ3v) is 3.33. The summed E-state index contributed by atoms with van der Waals surface area (Å²) in [6.07, 6.45) is 0. The van der Waals surface area contributed by atoms with Crippen molar-refractivity contribution < 1.29 is 17.9 Å². The van der Waals surface area contributed by atoms with Gasteiger partial charge in [0.25, 0.3) is 0 Å². The van der Waals surface area contributed by atoms with Gasteiger partial charge in [0.1, 0.15) is 11.5 Å². The van der Waals surface area contributed by atoms with Gasteiger partial charge in [-0.2, -0.15) is 5.26 Å². The molecule has 8 heteroatoms. The fourth-order valence-electron chi connectivity index (χ4n) is 1.23. The number of nitrogens with zero attached hydrogens (tertiary/aromatic N) is 1. The zero-order valence-electron chi connectivity index (χ0n) is 9.73. The molecule has 0 unspecified atom stereocenters. The van der Waals surface area contributed by atoms with E-state index < -0.39 is 15.8 Å². The minimum Gasteiger partial charge on any atom is -0.495 e. The number of ether oxygens (including phenoxy) is 2. The zero-order chi connectivity index (χ0) is 13.8. The summed E-state index contributed by atoms with van der Waals surface area (Å²) in [5.41, 5.74) is 0.151. The van der Waals surface area contributed by atoms with Crippen molar-refractivity contribution in [3.63, 3.8) is 0 Å². The van der Waals surface area contributed by atoms with Gasteiger partial charge < -0.3 is 9.47 Å². The predicted octanol–water partition coefficient (Wildman–Crippen LogP) is 1.62. The lowest BCUT2D eigenvalue weighted by atomic mass is 10.3. The number of halogens is 1. The Kier molecular flexibility index (Phi) is 4.64. The Morgan fingerprint density at radius 1 is 1.33 bits per heavy atom. The monoisotopic (exact) mass is 290 g/mol. The van der Waals surface area contributed by atoms with Crippen molar-refractivity contribution in [1.82, 2.24) is 0 Å². The maximum atomic E-state index is 11.5. The normalized spacial score (nSPS) is 10.6. The highest BCUT2D eigenvalue weighted by atomic mass is 35.5. The van der Waals surface area contributed by atoms with E-state index >= 15 is 0 Å². The van der Waals surface area contributed by atoms with Crippen LogP contribution in [0.2, 0.25) is 5.02 Å². The van der Waals surface area contributed by atoms with Crippen LogP contribution in [0.25, 0.3) is 0 Å². The van der Waals surface area contributed by atoms with Gasteiger partial charge in [-0.05, 0) is 6.07 Å². The Hall–Kier alpha value is -1.65. The van der Waals surface area contributed by atoms with Crippen molar-refractivity contribution in [2.75, 3.05) is 24.7 Å². The molecule has 0 aliphatic rings. The summed E-state index contributed by atoms with van der Waals surface area (Å²) in [6.45, 7) is 0. The average Bonchev–Trinajstić information content (AvgIpc) is 2.28. The van der Waals surface area contributed by atoms with Crippen LogP contribution in [0, 0.1) is 11.3 Å². The quantitative estimate of drug-likeness (QED) is 0.890. The highest BCUT2D eigenvalue weighted by molar-refractivity contribution is 7.92. The second-order valence-corrected chi connectivity index (χ2v) is 5.34. The van der Waals surface area contributed by atoms with Gasteiger partial charge in [0.05, 0.1) is 31.0 Å². The number of methoxy groups -OCH3 is 2. The zero-order valence-corrected chi connectivity index (χ0v) is 11.3. The van der Waals surface area contributed by atoms with Gasteiger partial charge in [-0.15, -0.1) is 0 Å². The van der Waals surface area contributed by atoms with E-state index in [4.69, 9.17) is 26.3 Å². The topological polar surface area (TPSA) is 88.4 Å². The SMILES string of the molecule is COc1cc(OC)c(NS(=O)(=O)CC#N)cc1Cl. The van der Waals surface area contributed by atoms with Crippen molar-refractivity contribution in [3.8, 4) is 17.6 Å². The van der Waals surface area contributed by atoms with Gasteiger partial charge in [0.15, 0.2) is 5.75 Å². The average molecular weight is 291 g/mol. The van der Waals surface area contributed by atoms with Crippen LogP contribution >= 0.6 is 11.6 Å². The number of hydrogen-bond acceptors (Lipinski definition) is 5. The maximum absolute atomic E-state index is 11.5. The van der Waals surface area contributed by atoms with Gasteiger partial charge >= 0.3 is 0 Å². The predicted molar refractivity (Wildman–Crippen MR) is 67.6 cm³/mol. The molecule has 0 heterocycles. The molecular formula is C10H11ClN2O4S. The van der Waals surface area contributed by atoms with Gasteiger partial charge in [-0.1, -0.05) is 11.6 Å². The van der Waals surface area contributed by atoms with Crippen molar-refractivity contribution in [1.29, 1.82) is 5.26 Å². The molecule has 0 spiro atoms. The van der Waals surface area contributed by atoms with E-state index in [1.54, 1.807) is 6.07 Å². The standard InChI is InChI=1S/C10H11ClN2O4S/c1-16-9-6-10(17-2)8(5-7(9)11)13-18(14,15)4-3-12/h5-6,13H,4H2,1-2H3. The lowest BCUT2D eigenvalue weighted by Gasteiger charge is -2.13. The number of hydrogen-bond donors (Lipinski definition) is 1. The Morgan fingerprint density at radius 2 is 1.94 bits per heavy atom. The minimum atomic E-state index is -3.74. The summed E-state index contributed by atoms with van der Waals surface area (Å²) in [4.78, 5) is 0. The van der Waals surface area contributed by atoms with Crippen LogP contribution in [-0.4, -0.2) is 28.4 Å². The summed E-state index contributed by atoms with van der Waals surface area (Å²) in [5, 5.41) is 8.63. The molecule has 0 saturated carbocycles. The molecule has 1 N–H and O–H groups in total. The first kappa shape index (κ1) is 14.4. The highest BCUT2D eigenvalue weighted by Crippen LogP contribution is 2.36. The molecule has 0 bridgehead atoms. The van der Waals surface area contributed by atoms with Crippen LogP contribution in [0.1, 0.15) is 0 Å². The first-order valence-corrected chi connectivity index (χ1v) is 6.75. The number of benzene rings is 1. The molecule has 18 heavy (non-hydrogen) atoms. The van der Waals surface area contributed by atoms with Crippen LogP contribution in [0.15, 0.2) is 12.1 Å². The molecule has 0 aliphatic heterocycles. The fourth-order valence-corrected chi connectivity index (χ4v) is 2.21. The van der Waals surface area contributed by atoms with E-state index in [9.17, 15) is 8.42 Å². The number of rotatable bonds is 5. The summed E-state index contributed by atoms with van der Waals surface area (Å²) in [7, 11) is -0.934. The van der Waals surface area contributed by atoms with Crippen LogP contribution in [0.5, 0.6) is 11.5 Å². The summed E-state index contributed by atoms with van der Waals surface area (Å²) < 4.78 is 35.2. The number of anilines is 1. The van der Waals surface area contributed by atoms with Gasteiger partial charge in [-0.25, -0.2) is 8.42 Å². The van der Waals surface area contributed by atoms with Gasteiger partial charge in [-0.3, -0.25) is 4.72 Å². The number of nitriles is 1. The smallest absolute Gasteiger partial charge is 0.246 e. The molecule has 6 nitrogen and oxygen atoms in total. The van der Waals surface area contributed by atoms with E-state index in [1.165, 1.54) is 26.4 Å². The molecule has 0 amide bonds. The molecule has 1 aromatic rings. The van der Waals surface area contributed by atoms with Crippen molar-refractivity contribution in [2.45, 2.75) is 0 Å². The third kappa shape index (κ3) is 3.42. The van der Waals surface area contributed by atoms with Crippen LogP contribution in [0.3, 0.4) is 0 Å². The number of nitrogens with one attached hydrogen (secondary N) is 1. The van der Waals surface area contributed by atoms with E-state index in [0.717, 1.165) is 0 Å². The first-order chi connectivity index (χ1) is 8.43. The molecule has 1 aromatic carbocycles. The minimum absolute atomic E-state index is 0.151. The maximum Gasteiger partial charge on any atom is 0.246 e. The molecule has 0 radical (unpaired) electrons. The molecular weight excluding hydrogens is 280 g/mol. The number of sulfonamides is 1. The van der Waals surface area contributed by atoms with Gasteiger partial charge in [0.2, 0.25) is 10.0 Å². The first-order valence-electron chi connectivity index (χ1n) is 4.72. The molecule has 0 saturated heterocycles. The van der Waals surface area contributed by atoms with Crippen LogP contribution in [-0.2, 0) is 10.0 Å². The van der Waals surface area contributed by atoms with Crippen LogP contribution < -0.4 is 14.2 Å². The lowest BCUT2D eigenvalue weighted by molar-refractivity contribution is 0.396. The molecule has 0 fully saturated rings. The highest BCUT2D eigenvalue weighted by Gasteiger charge is 2.15. The second kappa shape index (κ2) is 5.80. The van der Waals surface area contributed by atoms with E-state index in [-0.39, 0.29) is 16.5 Å². The Balaban J connectivity index is 3.18. The van der Waals surface area contributed by atoms with Crippen molar-refractivity contribution in [3.05, 3.63) is 17.2 Å². The largest absolute Gasteiger partial charge is 0.495 e. The molecule has 0 aliphatic carbocycles. The van der Waals surface area contributed by atoms with Gasteiger partial charge in [0, 0.05) is 6.07 Å². The van der Waals surface area contributed by atoms with E-state index in [2.05, 4.69) is 4.72 Å². The molecule has 0 aromatic heterocycles. The summed E-state index contributed by atoms with van der Waals surface area (Å²) in [5.74, 6) is -0.0469. The fraction of sp³-hybridized carbons (Fsp3) is 0.300. The summed E-state index contributed by atoms with van der Waals surface area (Å²) >= 11 is 5.88. The van der Waals surface area contributed by atoms with E-state index in [1.807, 2.05) is 0 Å². The van der Waals surface area contributed by atoms with Crippen LogP contribution in [0.4, 0.5) is 5.69 Å². The van der Waals surface area contributed by atoms with Crippen molar-refractivity contribution in [2.24, 2.45) is 0 Å².